The van der Waals surface area contributed by atoms with Crippen molar-refractivity contribution < 1.29 is 4.79 Å². The second-order valence-corrected chi connectivity index (χ2v) is 4.25. The molecule has 6 nitrogen and oxygen atoms in total. The van der Waals surface area contributed by atoms with Gasteiger partial charge >= 0.3 is 0 Å². The van der Waals surface area contributed by atoms with E-state index in [2.05, 4.69) is 20.5 Å². The maximum Gasteiger partial charge on any atom is 0.256 e. The molecule has 2 aromatic heterocycles. The number of amides is 1. The lowest BCUT2D eigenvalue weighted by atomic mass is 10.2. The Kier molecular flexibility index (Phi) is 3.20. The van der Waals surface area contributed by atoms with Gasteiger partial charge in [-0.05, 0) is 26.0 Å². The molecule has 18 heavy (non-hydrogen) atoms. The molecular formula is C11H12ClN5O. The molecule has 0 bridgehead atoms. The summed E-state index contributed by atoms with van der Waals surface area (Å²) in [5, 5.41) is 9.72. The van der Waals surface area contributed by atoms with Crippen molar-refractivity contribution in [3.8, 4) is 0 Å². The number of aromatic nitrogens is 3. The SMILES string of the molecule is Cc1n[nH]c(C)c1NC(=O)c1cc(N)nc(Cl)c1. The number of hydrogen-bond donors (Lipinski definition) is 3. The molecule has 0 aliphatic carbocycles. The summed E-state index contributed by atoms with van der Waals surface area (Å²) in [6.45, 7) is 3.62. The predicted octanol–water partition coefficient (Wildman–Crippen LogP) is 1.91. The zero-order valence-electron chi connectivity index (χ0n) is 9.91. The van der Waals surface area contributed by atoms with Gasteiger partial charge in [0.25, 0.3) is 5.91 Å². The molecule has 2 rings (SSSR count). The Morgan fingerprint density at radius 2 is 2.17 bits per heavy atom. The van der Waals surface area contributed by atoms with Crippen LogP contribution in [0, 0.1) is 13.8 Å². The minimum absolute atomic E-state index is 0.181. The zero-order valence-corrected chi connectivity index (χ0v) is 10.7. The number of anilines is 2. The van der Waals surface area contributed by atoms with Gasteiger partial charge in [-0.2, -0.15) is 5.10 Å². The van der Waals surface area contributed by atoms with Crippen LogP contribution in [0.25, 0.3) is 0 Å². The lowest BCUT2D eigenvalue weighted by molar-refractivity contribution is 0.102. The van der Waals surface area contributed by atoms with E-state index in [4.69, 9.17) is 17.3 Å². The Bertz CT molecular complexity index is 568. The molecule has 0 atom stereocenters. The fourth-order valence-corrected chi connectivity index (χ4v) is 1.78. The van der Waals surface area contributed by atoms with Crippen LogP contribution in [0.3, 0.4) is 0 Å². The number of H-pyrrole nitrogens is 1. The van der Waals surface area contributed by atoms with E-state index in [1.807, 2.05) is 6.92 Å². The lowest BCUT2D eigenvalue weighted by Crippen LogP contribution is -2.13. The number of pyridine rings is 1. The van der Waals surface area contributed by atoms with Gasteiger partial charge in [-0.25, -0.2) is 4.98 Å². The van der Waals surface area contributed by atoms with Crippen molar-refractivity contribution in [1.29, 1.82) is 0 Å². The summed E-state index contributed by atoms with van der Waals surface area (Å²) in [5.41, 5.74) is 8.05. The maximum absolute atomic E-state index is 12.0. The summed E-state index contributed by atoms with van der Waals surface area (Å²) in [6, 6.07) is 2.92. The van der Waals surface area contributed by atoms with E-state index in [1.54, 1.807) is 6.92 Å². The van der Waals surface area contributed by atoms with Crippen LogP contribution in [0.1, 0.15) is 21.7 Å². The highest BCUT2D eigenvalue weighted by Crippen LogP contribution is 2.18. The Balaban J connectivity index is 2.27. The molecule has 0 saturated heterocycles. The highest BCUT2D eigenvalue weighted by atomic mass is 35.5. The molecule has 0 unspecified atom stereocenters. The number of nitrogens with one attached hydrogen (secondary N) is 2. The van der Waals surface area contributed by atoms with Crippen LogP contribution in [-0.2, 0) is 0 Å². The lowest BCUT2D eigenvalue weighted by Gasteiger charge is -2.06. The number of nitrogens with zero attached hydrogens (tertiary/aromatic N) is 2. The van der Waals surface area contributed by atoms with E-state index in [0.717, 1.165) is 5.69 Å². The smallest absolute Gasteiger partial charge is 0.256 e. The van der Waals surface area contributed by atoms with Crippen LogP contribution in [0.2, 0.25) is 5.15 Å². The third-order valence-corrected chi connectivity index (χ3v) is 2.64. The van der Waals surface area contributed by atoms with E-state index < -0.39 is 0 Å². The molecule has 0 aliphatic rings. The van der Waals surface area contributed by atoms with E-state index in [-0.39, 0.29) is 16.9 Å². The number of carbonyl (C=O) groups excluding carboxylic acids is 1. The molecule has 0 fully saturated rings. The Morgan fingerprint density at radius 3 is 2.72 bits per heavy atom. The van der Waals surface area contributed by atoms with E-state index in [0.29, 0.717) is 16.9 Å². The Hall–Kier alpha value is -2.08. The number of halogens is 1. The molecule has 0 aromatic carbocycles. The van der Waals surface area contributed by atoms with Crippen molar-refractivity contribution >= 4 is 29.0 Å². The molecule has 2 heterocycles. The average molecular weight is 266 g/mol. The summed E-state index contributed by atoms with van der Waals surface area (Å²) >= 11 is 5.75. The van der Waals surface area contributed by atoms with Crippen molar-refractivity contribution in [3.05, 3.63) is 34.2 Å². The van der Waals surface area contributed by atoms with Gasteiger partial charge in [0.1, 0.15) is 11.0 Å². The summed E-state index contributed by atoms with van der Waals surface area (Å²) < 4.78 is 0. The summed E-state index contributed by atoms with van der Waals surface area (Å²) in [4.78, 5) is 15.8. The number of carbonyl (C=O) groups is 1. The summed E-state index contributed by atoms with van der Waals surface area (Å²) in [7, 11) is 0. The normalized spacial score (nSPS) is 10.4. The highest BCUT2D eigenvalue weighted by molar-refractivity contribution is 6.30. The Labute approximate surface area is 109 Å². The third-order valence-electron chi connectivity index (χ3n) is 2.44. The summed E-state index contributed by atoms with van der Waals surface area (Å²) in [5.74, 6) is -0.105. The monoisotopic (exact) mass is 265 g/mol. The van der Waals surface area contributed by atoms with Gasteiger partial charge in [0.2, 0.25) is 0 Å². The first-order chi connectivity index (χ1) is 8.47. The van der Waals surface area contributed by atoms with Gasteiger partial charge in [0, 0.05) is 5.56 Å². The van der Waals surface area contributed by atoms with E-state index in [9.17, 15) is 4.79 Å². The minimum atomic E-state index is -0.307. The van der Waals surface area contributed by atoms with Gasteiger partial charge in [-0.15, -0.1) is 0 Å². The fraction of sp³-hybridized carbons (Fsp3) is 0.182. The molecule has 94 valence electrons. The van der Waals surface area contributed by atoms with Crippen LogP contribution in [0.5, 0.6) is 0 Å². The first-order valence-corrected chi connectivity index (χ1v) is 5.61. The van der Waals surface area contributed by atoms with Crippen molar-refractivity contribution in [2.45, 2.75) is 13.8 Å². The quantitative estimate of drug-likeness (QED) is 0.723. The number of nitrogen functional groups attached to an aromatic ring is 1. The first kappa shape index (κ1) is 12.4. The van der Waals surface area contributed by atoms with Crippen molar-refractivity contribution in [3.63, 3.8) is 0 Å². The largest absolute Gasteiger partial charge is 0.384 e. The minimum Gasteiger partial charge on any atom is -0.384 e. The van der Waals surface area contributed by atoms with Crippen molar-refractivity contribution in [2.75, 3.05) is 11.1 Å². The number of nitrogens with two attached hydrogens (primary N) is 1. The van der Waals surface area contributed by atoms with Gasteiger partial charge in [0.05, 0.1) is 17.1 Å². The maximum atomic E-state index is 12.0. The topological polar surface area (TPSA) is 96.7 Å². The molecule has 0 spiro atoms. The number of rotatable bonds is 2. The van der Waals surface area contributed by atoms with Crippen LogP contribution < -0.4 is 11.1 Å². The van der Waals surface area contributed by atoms with Crippen LogP contribution >= 0.6 is 11.6 Å². The summed E-state index contributed by atoms with van der Waals surface area (Å²) in [6.07, 6.45) is 0. The van der Waals surface area contributed by atoms with Crippen LogP contribution in [0.4, 0.5) is 11.5 Å². The third kappa shape index (κ3) is 2.43. The standard InChI is InChI=1S/C11H12ClN5O/c1-5-10(6(2)17-16-5)15-11(18)7-3-8(12)14-9(13)4-7/h3-4H,1-2H3,(H2,13,14)(H,15,18)(H,16,17). The van der Waals surface area contributed by atoms with Crippen molar-refractivity contribution in [2.24, 2.45) is 0 Å². The van der Waals surface area contributed by atoms with Gasteiger partial charge < -0.3 is 11.1 Å². The first-order valence-electron chi connectivity index (χ1n) is 5.23. The molecule has 0 radical (unpaired) electrons. The molecular weight excluding hydrogens is 254 g/mol. The van der Waals surface area contributed by atoms with Crippen molar-refractivity contribution in [1.82, 2.24) is 15.2 Å². The van der Waals surface area contributed by atoms with Crippen LogP contribution in [-0.4, -0.2) is 21.1 Å². The van der Waals surface area contributed by atoms with Gasteiger partial charge in [0.15, 0.2) is 0 Å². The predicted molar refractivity (Wildman–Crippen MR) is 69.7 cm³/mol. The molecule has 0 aliphatic heterocycles. The van der Waals surface area contributed by atoms with Crippen LogP contribution in [0.15, 0.2) is 12.1 Å². The number of aromatic amines is 1. The molecule has 0 saturated carbocycles. The fourth-order valence-electron chi connectivity index (χ4n) is 1.57. The van der Waals surface area contributed by atoms with E-state index >= 15 is 0 Å². The van der Waals surface area contributed by atoms with E-state index in [1.165, 1.54) is 12.1 Å². The Morgan fingerprint density at radius 1 is 1.44 bits per heavy atom. The molecule has 2 aromatic rings. The number of hydrogen-bond acceptors (Lipinski definition) is 4. The second kappa shape index (κ2) is 4.66. The molecule has 7 heteroatoms. The zero-order chi connectivity index (χ0) is 13.3. The number of aryl methyl sites for hydroxylation is 2. The molecule has 4 N–H and O–H groups in total. The molecule has 1 amide bonds. The van der Waals surface area contributed by atoms with Gasteiger partial charge in [-0.1, -0.05) is 11.6 Å². The van der Waals surface area contributed by atoms with Gasteiger partial charge in [-0.3, -0.25) is 9.89 Å². The average Bonchev–Trinajstić information content (AvgIpc) is 2.59. The second-order valence-electron chi connectivity index (χ2n) is 3.87. The highest BCUT2D eigenvalue weighted by Gasteiger charge is 2.13.